The van der Waals surface area contributed by atoms with E-state index in [1.807, 2.05) is 30.3 Å². The lowest BCUT2D eigenvalue weighted by Crippen LogP contribution is -2.11. The van der Waals surface area contributed by atoms with E-state index in [0.717, 1.165) is 11.1 Å². The highest BCUT2D eigenvalue weighted by atomic mass is 16.1. The number of nitrogens with one attached hydrogen (secondary N) is 1. The maximum atomic E-state index is 11.8. The molecule has 0 aliphatic carbocycles. The Morgan fingerprint density at radius 3 is 2.43 bits per heavy atom. The van der Waals surface area contributed by atoms with Gasteiger partial charge in [-0.2, -0.15) is 0 Å². The van der Waals surface area contributed by atoms with Crippen LogP contribution in [0.15, 0.2) is 65.5 Å². The first-order valence-corrected chi connectivity index (χ1v) is 6.92. The highest BCUT2D eigenvalue weighted by Crippen LogP contribution is 2.15. The van der Waals surface area contributed by atoms with Gasteiger partial charge in [-0.3, -0.25) is 4.79 Å². The molecular weight excluding hydrogens is 260 g/mol. The topological polar surface area (TPSA) is 45.8 Å². The number of benzene rings is 2. The molecule has 0 bridgehead atoms. The molecule has 0 aliphatic heterocycles. The lowest BCUT2D eigenvalue weighted by Gasteiger charge is -2.05. The maximum Gasteiger partial charge on any atom is 0.251 e. The Morgan fingerprint density at radius 2 is 1.71 bits per heavy atom. The van der Waals surface area contributed by atoms with Gasteiger partial charge >= 0.3 is 0 Å². The van der Waals surface area contributed by atoms with Crippen molar-refractivity contribution in [3.8, 4) is 11.3 Å². The summed E-state index contributed by atoms with van der Waals surface area (Å²) in [6.45, 7) is 2.06. The predicted molar refractivity (Wildman–Crippen MR) is 84.3 cm³/mol. The lowest BCUT2D eigenvalue weighted by atomic mass is 10.1. The van der Waals surface area contributed by atoms with Crippen LogP contribution in [0.3, 0.4) is 0 Å². The Bertz CT molecular complexity index is 789. The van der Waals surface area contributed by atoms with Gasteiger partial charge in [0.05, 0.1) is 5.69 Å². The first-order chi connectivity index (χ1) is 10.2. The van der Waals surface area contributed by atoms with Gasteiger partial charge in [0, 0.05) is 18.1 Å². The summed E-state index contributed by atoms with van der Waals surface area (Å²) in [5, 5.41) is 0. The van der Waals surface area contributed by atoms with Gasteiger partial charge in [-0.15, -0.1) is 0 Å². The lowest BCUT2D eigenvalue weighted by molar-refractivity contribution is 0.949. The quantitative estimate of drug-likeness (QED) is 0.797. The Hall–Kier alpha value is -2.68. The van der Waals surface area contributed by atoms with Crippen molar-refractivity contribution in [2.45, 2.75) is 13.3 Å². The van der Waals surface area contributed by atoms with Gasteiger partial charge in [-0.05, 0) is 12.5 Å². The predicted octanol–water partition coefficient (Wildman–Crippen LogP) is 3.34. The molecular formula is C18H16N2O. The molecule has 0 radical (unpaired) electrons. The summed E-state index contributed by atoms with van der Waals surface area (Å²) in [6.07, 6.45) is 0.621. The number of aromatic nitrogens is 2. The molecule has 0 aliphatic rings. The number of hydrogen-bond acceptors (Lipinski definition) is 2. The molecule has 0 atom stereocenters. The van der Waals surface area contributed by atoms with Gasteiger partial charge in [0.2, 0.25) is 0 Å². The van der Waals surface area contributed by atoms with Crippen molar-refractivity contribution in [2.75, 3.05) is 0 Å². The molecule has 104 valence electrons. The number of hydrogen-bond donors (Lipinski definition) is 1. The van der Waals surface area contributed by atoms with Crippen molar-refractivity contribution in [1.29, 1.82) is 0 Å². The molecule has 0 saturated heterocycles. The van der Waals surface area contributed by atoms with Crippen LogP contribution in [0, 0.1) is 6.92 Å². The van der Waals surface area contributed by atoms with Gasteiger partial charge in [0.15, 0.2) is 0 Å². The molecule has 0 unspecified atom stereocenters. The fourth-order valence-electron chi connectivity index (χ4n) is 2.25. The molecule has 1 heterocycles. The number of H-pyrrole nitrogens is 1. The second-order valence-corrected chi connectivity index (χ2v) is 5.11. The SMILES string of the molecule is Cc1ccc(Cc2nc(-c3ccccc3)cc(=O)[nH]2)cc1. The molecule has 3 rings (SSSR count). The first kappa shape index (κ1) is 13.3. The van der Waals surface area contributed by atoms with Crippen LogP contribution in [0.2, 0.25) is 0 Å². The summed E-state index contributed by atoms with van der Waals surface area (Å²) >= 11 is 0. The highest BCUT2D eigenvalue weighted by molar-refractivity contribution is 5.58. The molecule has 2 aromatic carbocycles. The molecule has 1 N–H and O–H groups in total. The van der Waals surface area contributed by atoms with Crippen LogP contribution < -0.4 is 5.56 Å². The number of aromatic amines is 1. The average molecular weight is 276 g/mol. The zero-order chi connectivity index (χ0) is 14.7. The Morgan fingerprint density at radius 1 is 1.00 bits per heavy atom. The monoisotopic (exact) mass is 276 g/mol. The summed E-state index contributed by atoms with van der Waals surface area (Å²) in [5.41, 5.74) is 3.90. The van der Waals surface area contributed by atoms with E-state index in [4.69, 9.17) is 0 Å². The third kappa shape index (κ3) is 3.26. The Balaban J connectivity index is 1.95. The molecule has 3 heteroatoms. The summed E-state index contributed by atoms with van der Waals surface area (Å²) in [5.74, 6) is 0.685. The van der Waals surface area contributed by atoms with Crippen molar-refractivity contribution in [1.82, 2.24) is 9.97 Å². The van der Waals surface area contributed by atoms with E-state index in [0.29, 0.717) is 17.9 Å². The van der Waals surface area contributed by atoms with Crippen molar-refractivity contribution >= 4 is 0 Å². The largest absolute Gasteiger partial charge is 0.310 e. The van der Waals surface area contributed by atoms with Crippen LogP contribution >= 0.6 is 0 Å². The van der Waals surface area contributed by atoms with Crippen LogP contribution in [-0.4, -0.2) is 9.97 Å². The summed E-state index contributed by atoms with van der Waals surface area (Å²) in [7, 11) is 0. The van der Waals surface area contributed by atoms with Crippen molar-refractivity contribution in [3.63, 3.8) is 0 Å². The fraction of sp³-hybridized carbons (Fsp3) is 0.111. The smallest absolute Gasteiger partial charge is 0.251 e. The molecule has 0 fully saturated rings. The van der Waals surface area contributed by atoms with Gasteiger partial charge < -0.3 is 4.98 Å². The van der Waals surface area contributed by atoms with Gasteiger partial charge in [-0.1, -0.05) is 60.2 Å². The fourth-order valence-corrected chi connectivity index (χ4v) is 2.25. The molecule has 0 spiro atoms. The molecule has 1 aromatic heterocycles. The zero-order valence-electron chi connectivity index (χ0n) is 11.8. The Labute approximate surface area is 123 Å². The first-order valence-electron chi connectivity index (χ1n) is 6.92. The molecule has 3 nitrogen and oxygen atoms in total. The molecule has 21 heavy (non-hydrogen) atoms. The van der Waals surface area contributed by atoms with Crippen LogP contribution in [-0.2, 0) is 6.42 Å². The average Bonchev–Trinajstić information content (AvgIpc) is 2.50. The van der Waals surface area contributed by atoms with Gasteiger partial charge in [-0.25, -0.2) is 4.98 Å². The van der Waals surface area contributed by atoms with Crippen LogP contribution in [0.25, 0.3) is 11.3 Å². The van der Waals surface area contributed by atoms with E-state index < -0.39 is 0 Å². The van der Waals surface area contributed by atoms with E-state index in [1.54, 1.807) is 0 Å². The summed E-state index contributed by atoms with van der Waals surface area (Å²) in [6, 6.07) is 19.5. The molecule has 0 saturated carbocycles. The number of rotatable bonds is 3. The van der Waals surface area contributed by atoms with E-state index in [2.05, 4.69) is 41.2 Å². The third-order valence-electron chi connectivity index (χ3n) is 3.35. The van der Waals surface area contributed by atoms with Crippen molar-refractivity contribution in [2.24, 2.45) is 0 Å². The van der Waals surface area contributed by atoms with E-state index in [-0.39, 0.29) is 5.56 Å². The van der Waals surface area contributed by atoms with E-state index in [9.17, 15) is 4.79 Å². The van der Waals surface area contributed by atoms with Gasteiger partial charge in [0.1, 0.15) is 5.82 Å². The number of nitrogens with zero attached hydrogens (tertiary/aromatic N) is 1. The minimum Gasteiger partial charge on any atom is -0.310 e. The van der Waals surface area contributed by atoms with E-state index >= 15 is 0 Å². The van der Waals surface area contributed by atoms with Crippen molar-refractivity contribution < 1.29 is 0 Å². The normalized spacial score (nSPS) is 10.5. The highest BCUT2D eigenvalue weighted by Gasteiger charge is 2.04. The van der Waals surface area contributed by atoms with E-state index in [1.165, 1.54) is 11.6 Å². The minimum absolute atomic E-state index is 0.119. The Kier molecular flexibility index (Phi) is 3.65. The summed E-state index contributed by atoms with van der Waals surface area (Å²) < 4.78 is 0. The maximum absolute atomic E-state index is 11.8. The van der Waals surface area contributed by atoms with Crippen LogP contribution in [0.5, 0.6) is 0 Å². The molecule has 3 aromatic rings. The third-order valence-corrected chi connectivity index (χ3v) is 3.35. The molecule has 0 amide bonds. The van der Waals surface area contributed by atoms with Gasteiger partial charge in [0.25, 0.3) is 5.56 Å². The summed E-state index contributed by atoms with van der Waals surface area (Å²) in [4.78, 5) is 19.2. The minimum atomic E-state index is -0.119. The second kappa shape index (κ2) is 5.75. The van der Waals surface area contributed by atoms with Crippen LogP contribution in [0.1, 0.15) is 17.0 Å². The van der Waals surface area contributed by atoms with Crippen molar-refractivity contribution in [3.05, 3.63) is 88.0 Å². The standard InChI is InChI=1S/C18H16N2O/c1-13-7-9-14(10-8-13)11-17-19-16(12-18(21)20-17)15-5-3-2-4-6-15/h2-10,12H,11H2,1H3,(H,19,20,21). The number of aryl methyl sites for hydroxylation is 1. The zero-order valence-corrected chi connectivity index (χ0v) is 11.8. The van der Waals surface area contributed by atoms with Crippen LogP contribution in [0.4, 0.5) is 0 Å². The second-order valence-electron chi connectivity index (χ2n) is 5.11.